The SMILES string of the molecule is CCNC(c1cccc(OC)c1)c1occc1C. The second kappa shape index (κ2) is 5.74. The zero-order valence-corrected chi connectivity index (χ0v) is 11.1. The maximum atomic E-state index is 5.60. The molecule has 0 fully saturated rings. The molecule has 3 heteroatoms. The molecule has 96 valence electrons. The fourth-order valence-corrected chi connectivity index (χ4v) is 2.07. The van der Waals surface area contributed by atoms with E-state index in [-0.39, 0.29) is 6.04 Å². The third-order valence-corrected chi connectivity index (χ3v) is 3.00. The summed E-state index contributed by atoms with van der Waals surface area (Å²) in [4.78, 5) is 0. The van der Waals surface area contributed by atoms with E-state index >= 15 is 0 Å². The predicted octanol–water partition coefficient (Wildman–Crippen LogP) is 3.30. The fourth-order valence-electron chi connectivity index (χ4n) is 2.07. The Balaban J connectivity index is 2.38. The minimum Gasteiger partial charge on any atom is -0.497 e. The first-order valence-electron chi connectivity index (χ1n) is 6.17. The summed E-state index contributed by atoms with van der Waals surface area (Å²) in [5.74, 6) is 1.82. The second-order valence-corrected chi connectivity index (χ2v) is 4.24. The molecule has 0 radical (unpaired) electrons. The Bertz CT molecular complexity index is 505. The molecule has 0 bridgehead atoms. The van der Waals surface area contributed by atoms with Crippen molar-refractivity contribution in [2.75, 3.05) is 13.7 Å². The van der Waals surface area contributed by atoms with Gasteiger partial charge in [0.1, 0.15) is 11.5 Å². The lowest BCUT2D eigenvalue weighted by molar-refractivity contribution is 0.411. The van der Waals surface area contributed by atoms with Gasteiger partial charge in [0.25, 0.3) is 0 Å². The van der Waals surface area contributed by atoms with E-state index < -0.39 is 0 Å². The third kappa shape index (κ3) is 2.57. The minimum absolute atomic E-state index is 0.0695. The lowest BCUT2D eigenvalue weighted by Gasteiger charge is -2.17. The topological polar surface area (TPSA) is 34.4 Å². The number of benzene rings is 1. The van der Waals surface area contributed by atoms with Crippen LogP contribution in [0.3, 0.4) is 0 Å². The predicted molar refractivity (Wildman–Crippen MR) is 72.0 cm³/mol. The van der Waals surface area contributed by atoms with Crippen molar-refractivity contribution in [3.8, 4) is 5.75 Å². The second-order valence-electron chi connectivity index (χ2n) is 4.24. The Kier molecular flexibility index (Phi) is 4.05. The normalized spacial score (nSPS) is 12.4. The van der Waals surface area contributed by atoms with Crippen molar-refractivity contribution in [3.63, 3.8) is 0 Å². The molecule has 1 unspecified atom stereocenters. The van der Waals surface area contributed by atoms with E-state index in [9.17, 15) is 0 Å². The van der Waals surface area contributed by atoms with Crippen molar-refractivity contribution in [1.82, 2.24) is 5.32 Å². The van der Waals surface area contributed by atoms with Crippen molar-refractivity contribution < 1.29 is 9.15 Å². The average Bonchev–Trinajstić information content (AvgIpc) is 2.82. The summed E-state index contributed by atoms with van der Waals surface area (Å²) in [6.45, 7) is 5.02. The number of furan rings is 1. The van der Waals surface area contributed by atoms with Gasteiger partial charge in [0.05, 0.1) is 19.4 Å². The zero-order chi connectivity index (χ0) is 13.0. The highest BCUT2D eigenvalue weighted by atomic mass is 16.5. The molecule has 0 aliphatic rings. The van der Waals surface area contributed by atoms with Crippen LogP contribution in [0.4, 0.5) is 0 Å². The maximum absolute atomic E-state index is 5.60. The van der Waals surface area contributed by atoms with E-state index in [1.807, 2.05) is 24.3 Å². The summed E-state index contributed by atoms with van der Waals surface area (Å²) >= 11 is 0. The van der Waals surface area contributed by atoms with Crippen LogP contribution in [0.5, 0.6) is 5.75 Å². The van der Waals surface area contributed by atoms with E-state index in [0.717, 1.165) is 29.2 Å². The number of ether oxygens (including phenoxy) is 1. The van der Waals surface area contributed by atoms with Crippen molar-refractivity contribution in [1.29, 1.82) is 0 Å². The van der Waals surface area contributed by atoms with Crippen LogP contribution in [0.2, 0.25) is 0 Å². The Morgan fingerprint density at radius 3 is 2.78 bits per heavy atom. The van der Waals surface area contributed by atoms with Crippen molar-refractivity contribution >= 4 is 0 Å². The molecule has 18 heavy (non-hydrogen) atoms. The summed E-state index contributed by atoms with van der Waals surface area (Å²) in [5.41, 5.74) is 2.30. The number of rotatable bonds is 5. The Morgan fingerprint density at radius 1 is 1.33 bits per heavy atom. The molecule has 1 N–H and O–H groups in total. The van der Waals surface area contributed by atoms with Gasteiger partial charge in [0, 0.05) is 0 Å². The fraction of sp³-hybridized carbons (Fsp3) is 0.333. The smallest absolute Gasteiger partial charge is 0.128 e. The molecule has 0 saturated carbocycles. The van der Waals surface area contributed by atoms with Crippen molar-refractivity contribution in [3.05, 3.63) is 53.5 Å². The monoisotopic (exact) mass is 245 g/mol. The minimum atomic E-state index is 0.0695. The number of methoxy groups -OCH3 is 1. The Labute approximate surface area is 108 Å². The van der Waals surface area contributed by atoms with Gasteiger partial charge in [-0.15, -0.1) is 0 Å². The lowest BCUT2D eigenvalue weighted by Crippen LogP contribution is -2.22. The van der Waals surface area contributed by atoms with Crippen LogP contribution in [0.15, 0.2) is 41.0 Å². The summed E-state index contributed by atoms with van der Waals surface area (Å²) in [5, 5.41) is 3.44. The van der Waals surface area contributed by atoms with E-state index in [1.165, 1.54) is 0 Å². The number of aryl methyl sites for hydroxylation is 1. The highest BCUT2D eigenvalue weighted by Gasteiger charge is 2.18. The van der Waals surface area contributed by atoms with Crippen LogP contribution in [0.25, 0.3) is 0 Å². The standard InChI is InChI=1S/C15H19NO2/c1-4-16-14(15-11(2)8-9-18-15)12-6-5-7-13(10-12)17-3/h5-10,14,16H,4H2,1-3H3. The molecule has 2 rings (SSSR count). The van der Waals surface area contributed by atoms with Gasteiger partial charge in [0.2, 0.25) is 0 Å². The van der Waals surface area contributed by atoms with E-state index in [4.69, 9.17) is 9.15 Å². The van der Waals surface area contributed by atoms with Crippen LogP contribution in [-0.2, 0) is 0 Å². The van der Waals surface area contributed by atoms with E-state index in [2.05, 4.69) is 25.2 Å². The first-order valence-corrected chi connectivity index (χ1v) is 6.17. The molecule has 0 aliphatic carbocycles. The molecule has 0 amide bonds. The van der Waals surface area contributed by atoms with Crippen LogP contribution >= 0.6 is 0 Å². The highest BCUT2D eigenvalue weighted by Crippen LogP contribution is 2.27. The van der Waals surface area contributed by atoms with Gasteiger partial charge >= 0.3 is 0 Å². The lowest BCUT2D eigenvalue weighted by atomic mass is 10.0. The molecular formula is C15H19NO2. The van der Waals surface area contributed by atoms with Crippen LogP contribution < -0.4 is 10.1 Å². The van der Waals surface area contributed by atoms with Gasteiger partial charge in [-0.05, 0) is 42.8 Å². The van der Waals surface area contributed by atoms with E-state index in [1.54, 1.807) is 13.4 Å². The quantitative estimate of drug-likeness (QED) is 0.877. The van der Waals surface area contributed by atoms with Gasteiger partial charge in [0.15, 0.2) is 0 Å². The number of hydrogen-bond donors (Lipinski definition) is 1. The first kappa shape index (κ1) is 12.7. The molecule has 0 saturated heterocycles. The van der Waals surface area contributed by atoms with E-state index in [0.29, 0.717) is 0 Å². The maximum Gasteiger partial charge on any atom is 0.128 e. The molecule has 0 aliphatic heterocycles. The summed E-state index contributed by atoms with van der Waals surface area (Å²) in [6, 6.07) is 10.1. The summed E-state index contributed by atoms with van der Waals surface area (Å²) in [7, 11) is 1.68. The third-order valence-electron chi connectivity index (χ3n) is 3.00. The molecule has 1 heterocycles. The molecular weight excluding hydrogens is 226 g/mol. The molecule has 1 atom stereocenters. The van der Waals surface area contributed by atoms with Crippen LogP contribution in [-0.4, -0.2) is 13.7 Å². The number of nitrogens with one attached hydrogen (secondary N) is 1. The first-order chi connectivity index (χ1) is 8.76. The van der Waals surface area contributed by atoms with Crippen LogP contribution in [0.1, 0.15) is 29.9 Å². The Morgan fingerprint density at radius 2 is 2.17 bits per heavy atom. The van der Waals surface area contributed by atoms with Gasteiger partial charge in [-0.25, -0.2) is 0 Å². The molecule has 3 nitrogen and oxygen atoms in total. The van der Waals surface area contributed by atoms with Gasteiger partial charge in [-0.3, -0.25) is 0 Å². The zero-order valence-electron chi connectivity index (χ0n) is 11.1. The van der Waals surface area contributed by atoms with Crippen molar-refractivity contribution in [2.45, 2.75) is 19.9 Å². The van der Waals surface area contributed by atoms with Crippen LogP contribution in [0, 0.1) is 6.92 Å². The largest absolute Gasteiger partial charge is 0.497 e. The average molecular weight is 245 g/mol. The highest BCUT2D eigenvalue weighted by molar-refractivity contribution is 5.36. The van der Waals surface area contributed by atoms with Gasteiger partial charge in [-0.2, -0.15) is 0 Å². The molecule has 1 aromatic carbocycles. The van der Waals surface area contributed by atoms with Gasteiger partial charge in [-0.1, -0.05) is 19.1 Å². The molecule has 2 aromatic rings. The van der Waals surface area contributed by atoms with Crippen molar-refractivity contribution in [2.24, 2.45) is 0 Å². The summed E-state index contributed by atoms with van der Waals surface area (Å²) in [6.07, 6.45) is 1.73. The molecule has 0 spiro atoms. The summed E-state index contributed by atoms with van der Waals surface area (Å²) < 4.78 is 10.9. The Hall–Kier alpha value is -1.74. The molecule has 1 aromatic heterocycles. The van der Waals surface area contributed by atoms with Gasteiger partial charge < -0.3 is 14.5 Å². The number of hydrogen-bond acceptors (Lipinski definition) is 3.